The Hall–Kier alpha value is -3.20. The van der Waals surface area contributed by atoms with Gasteiger partial charge >= 0.3 is 0 Å². The molecule has 1 aliphatic rings. The van der Waals surface area contributed by atoms with Crippen molar-refractivity contribution in [3.63, 3.8) is 0 Å². The Bertz CT molecular complexity index is 1000. The lowest BCUT2D eigenvalue weighted by Gasteiger charge is -2.18. The molecule has 138 valence electrons. The molecular weight excluding hydrogens is 340 g/mol. The molecule has 3 aromatic rings. The van der Waals surface area contributed by atoms with Crippen LogP contribution in [0.3, 0.4) is 0 Å². The Kier molecular flexibility index (Phi) is 4.84. The van der Waals surface area contributed by atoms with E-state index in [9.17, 15) is 5.26 Å². The number of allylic oxidation sites excluding steroid dienone is 1. The lowest BCUT2D eigenvalue weighted by molar-refractivity contribution is 0.415. The molecule has 6 nitrogen and oxygen atoms in total. The summed E-state index contributed by atoms with van der Waals surface area (Å²) in [5.74, 6) is 2.79. The summed E-state index contributed by atoms with van der Waals surface area (Å²) in [5, 5.41) is 9.60. The van der Waals surface area contributed by atoms with Gasteiger partial charge in [-0.2, -0.15) is 5.26 Å². The Labute approximate surface area is 158 Å². The molecule has 0 unspecified atom stereocenters. The monoisotopic (exact) mass is 362 g/mol. The van der Waals surface area contributed by atoms with Crippen molar-refractivity contribution in [1.82, 2.24) is 9.97 Å². The summed E-state index contributed by atoms with van der Waals surface area (Å²) in [6.45, 7) is 2.04. The highest BCUT2D eigenvalue weighted by Gasteiger charge is 2.14. The lowest BCUT2D eigenvalue weighted by atomic mass is 10.2. The number of imidazole rings is 1. The van der Waals surface area contributed by atoms with Gasteiger partial charge in [-0.05, 0) is 31.0 Å². The molecule has 0 amide bonds. The van der Waals surface area contributed by atoms with Crippen molar-refractivity contribution in [2.24, 2.45) is 0 Å². The maximum atomic E-state index is 9.60. The summed E-state index contributed by atoms with van der Waals surface area (Å²) in [5.41, 5.74) is 2.05. The fourth-order valence-electron chi connectivity index (χ4n) is 3.42. The number of ether oxygens (including phenoxy) is 1. The maximum absolute atomic E-state index is 9.60. The second kappa shape index (κ2) is 7.58. The van der Waals surface area contributed by atoms with Gasteiger partial charge in [-0.15, -0.1) is 0 Å². The summed E-state index contributed by atoms with van der Waals surface area (Å²) in [6, 6.07) is 11.7. The average Bonchev–Trinajstić information content (AvgIpc) is 3.24. The summed E-state index contributed by atoms with van der Waals surface area (Å²) < 4.78 is 11.2. The molecule has 1 aromatic carbocycles. The zero-order chi connectivity index (χ0) is 18.6. The number of furan rings is 1. The van der Waals surface area contributed by atoms with Crippen LogP contribution in [0.2, 0.25) is 0 Å². The van der Waals surface area contributed by atoms with Gasteiger partial charge < -0.3 is 19.0 Å². The highest BCUT2D eigenvalue weighted by atomic mass is 16.5. The van der Waals surface area contributed by atoms with Gasteiger partial charge in [0.25, 0.3) is 0 Å². The summed E-state index contributed by atoms with van der Waals surface area (Å²) in [4.78, 5) is 9.98. The van der Waals surface area contributed by atoms with E-state index in [2.05, 4.69) is 20.9 Å². The summed E-state index contributed by atoms with van der Waals surface area (Å²) in [7, 11) is 1.62. The van der Waals surface area contributed by atoms with Crippen molar-refractivity contribution in [3.8, 4) is 11.8 Å². The van der Waals surface area contributed by atoms with E-state index in [-0.39, 0.29) is 0 Å². The Morgan fingerprint density at radius 2 is 2.04 bits per heavy atom. The zero-order valence-electron chi connectivity index (χ0n) is 15.4. The van der Waals surface area contributed by atoms with Gasteiger partial charge in [0.15, 0.2) is 5.88 Å². The van der Waals surface area contributed by atoms with E-state index < -0.39 is 0 Å². The van der Waals surface area contributed by atoms with Gasteiger partial charge in [0.05, 0.1) is 23.7 Å². The third-order valence-electron chi connectivity index (χ3n) is 4.88. The van der Waals surface area contributed by atoms with Crippen LogP contribution in [-0.4, -0.2) is 30.2 Å². The van der Waals surface area contributed by atoms with Crippen molar-refractivity contribution < 1.29 is 9.15 Å². The molecule has 27 heavy (non-hydrogen) atoms. The first kappa shape index (κ1) is 17.2. The Morgan fingerprint density at radius 1 is 1.22 bits per heavy atom. The van der Waals surface area contributed by atoms with E-state index in [1.807, 2.05) is 30.3 Å². The largest absolute Gasteiger partial charge is 0.497 e. The first-order valence-corrected chi connectivity index (χ1v) is 9.27. The third-order valence-corrected chi connectivity index (χ3v) is 4.88. The van der Waals surface area contributed by atoms with E-state index >= 15 is 0 Å². The van der Waals surface area contributed by atoms with E-state index in [1.165, 1.54) is 25.7 Å². The number of nitrogens with one attached hydrogen (secondary N) is 1. The van der Waals surface area contributed by atoms with Crippen molar-refractivity contribution in [3.05, 3.63) is 41.9 Å². The smallest absolute Gasteiger partial charge is 0.196 e. The Balaban J connectivity index is 1.61. The number of rotatable bonds is 4. The molecule has 0 radical (unpaired) electrons. The van der Waals surface area contributed by atoms with Gasteiger partial charge in [-0.3, -0.25) is 0 Å². The standard InChI is InChI=1S/C21H22N4O2/c1-26-16-6-8-18-19(13-16)24-21(23-18)15(14-22)12-17-7-9-20(27-17)25-10-4-2-3-5-11-25/h6-9,12-13H,2-5,10-11H2,1H3,(H,23,24)/b15-12+. The number of anilines is 1. The number of hydrogen-bond acceptors (Lipinski definition) is 5. The van der Waals surface area contributed by atoms with Crippen LogP contribution >= 0.6 is 0 Å². The minimum Gasteiger partial charge on any atom is -0.497 e. The predicted molar refractivity (Wildman–Crippen MR) is 106 cm³/mol. The number of H-pyrrole nitrogens is 1. The number of nitrogens with zero attached hydrogens (tertiary/aromatic N) is 3. The molecule has 0 aliphatic carbocycles. The molecular formula is C21H22N4O2. The topological polar surface area (TPSA) is 78.1 Å². The number of nitriles is 1. The number of benzene rings is 1. The van der Waals surface area contributed by atoms with Gasteiger partial charge in [0.2, 0.25) is 0 Å². The molecule has 0 saturated carbocycles. The number of fused-ring (bicyclic) bond motifs is 1. The van der Waals surface area contributed by atoms with E-state index in [0.717, 1.165) is 35.8 Å². The molecule has 1 aliphatic heterocycles. The summed E-state index contributed by atoms with van der Waals surface area (Å²) in [6.07, 6.45) is 6.67. The normalized spacial score (nSPS) is 15.6. The lowest BCUT2D eigenvalue weighted by Crippen LogP contribution is -2.23. The molecule has 1 saturated heterocycles. The summed E-state index contributed by atoms with van der Waals surface area (Å²) >= 11 is 0. The van der Waals surface area contributed by atoms with Gasteiger partial charge in [0, 0.05) is 31.3 Å². The van der Waals surface area contributed by atoms with E-state index in [1.54, 1.807) is 13.2 Å². The molecule has 3 heterocycles. The van der Waals surface area contributed by atoms with Crippen LogP contribution in [-0.2, 0) is 0 Å². The number of hydrogen-bond donors (Lipinski definition) is 1. The van der Waals surface area contributed by atoms with Crippen LogP contribution < -0.4 is 9.64 Å². The minimum atomic E-state index is 0.432. The molecule has 0 bridgehead atoms. The van der Waals surface area contributed by atoms with Crippen LogP contribution in [0, 0.1) is 11.3 Å². The van der Waals surface area contributed by atoms with Crippen molar-refractivity contribution in [2.75, 3.05) is 25.1 Å². The van der Waals surface area contributed by atoms with Gasteiger partial charge in [0.1, 0.15) is 23.4 Å². The van der Waals surface area contributed by atoms with Crippen LogP contribution in [0.25, 0.3) is 22.7 Å². The molecule has 2 aromatic heterocycles. The Morgan fingerprint density at radius 3 is 2.78 bits per heavy atom. The molecule has 6 heteroatoms. The highest BCUT2D eigenvalue weighted by molar-refractivity contribution is 5.89. The second-order valence-electron chi connectivity index (χ2n) is 6.72. The molecule has 4 rings (SSSR count). The van der Waals surface area contributed by atoms with E-state index in [4.69, 9.17) is 9.15 Å². The SMILES string of the molecule is COc1ccc2nc(/C(C#N)=C/c3ccc(N4CCCCCC4)o3)[nH]c2c1. The van der Waals surface area contributed by atoms with Crippen LogP contribution in [0.4, 0.5) is 5.88 Å². The van der Waals surface area contributed by atoms with Crippen LogP contribution in [0.15, 0.2) is 34.7 Å². The quantitative estimate of drug-likeness (QED) is 0.686. The molecule has 0 spiro atoms. The maximum Gasteiger partial charge on any atom is 0.196 e. The zero-order valence-corrected chi connectivity index (χ0v) is 15.4. The highest BCUT2D eigenvalue weighted by Crippen LogP contribution is 2.26. The molecule has 1 N–H and O–H groups in total. The molecule has 0 atom stereocenters. The minimum absolute atomic E-state index is 0.432. The molecule has 1 fully saturated rings. The van der Waals surface area contributed by atoms with E-state index in [0.29, 0.717) is 17.2 Å². The number of methoxy groups -OCH3 is 1. The first-order chi connectivity index (χ1) is 13.3. The van der Waals surface area contributed by atoms with Gasteiger partial charge in [-0.25, -0.2) is 4.98 Å². The van der Waals surface area contributed by atoms with Crippen LogP contribution in [0.1, 0.15) is 37.3 Å². The van der Waals surface area contributed by atoms with Gasteiger partial charge in [-0.1, -0.05) is 12.8 Å². The second-order valence-corrected chi connectivity index (χ2v) is 6.72. The van der Waals surface area contributed by atoms with Crippen molar-refractivity contribution in [1.29, 1.82) is 5.26 Å². The number of aromatic amines is 1. The fraction of sp³-hybridized carbons (Fsp3) is 0.333. The fourth-order valence-corrected chi connectivity index (χ4v) is 3.42. The first-order valence-electron chi connectivity index (χ1n) is 9.27. The van der Waals surface area contributed by atoms with Crippen molar-refractivity contribution >= 4 is 28.6 Å². The predicted octanol–water partition coefficient (Wildman–Crippen LogP) is 4.61. The number of aromatic nitrogens is 2. The average molecular weight is 362 g/mol. The van der Waals surface area contributed by atoms with Crippen molar-refractivity contribution in [2.45, 2.75) is 25.7 Å². The third kappa shape index (κ3) is 3.68. The van der Waals surface area contributed by atoms with Crippen LogP contribution in [0.5, 0.6) is 5.75 Å².